The number of nitrogens with zero attached hydrogens (tertiary/aromatic N) is 3. The van der Waals surface area contributed by atoms with Gasteiger partial charge in [0.1, 0.15) is 5.82 Å². The van der Waals surface area contributed by atoms with Gasteiger partial charge in [0.05, 0.1) is 18.1 Å². The highest BCUT2D eigenvalue weighted by Gasteiger charge is 2.30. The molecule has 0 spiro atoms. The molecule has 3 rings (SSSR count). The Morgan fingerprint density at radius 2 is 2.22 bits per heavy atom. The lowest BCUT2D eigenvalue weighted by atomic mass is 10.3. The van der Waals surface area contributed by atoms with E-state index in [0.29, 0.717) is 12.6 Å². The van der Waals surface area contributed by atoms with E-state index in [9.17, 15) is 0 Å². The molecule has 0 amide bonds. The fraction of sp³-hybridized carbons (Fsp3) is 0.385. The number of rotatable bonds is 5. The molecule has 0 radical (unpaired) electrons. The van der Waals surface area contributed by atoms with E-state index in [4.69, 9.17) is 5.73 Å². The lowest BCUT2D eigenvalue weighted by molar-refractivity contribution is 0.772. The van der Waals surface area contributed by atoms with Crippen LogP contribution in [0.25, 0.3) is 0 Å². The van der Waals surface area contributed by atoms with Crippen LogP contribution in [0.15, 0.2) is 29.2 Å². The van der Waals surface area contributed by atoms with Crippen LogP contribution in [0.5, 0.6) is 0 Å². The van der Waals surface area contributed by atoms with Crippen LogP contribution in [0, 0.1) is 0 Å². The highest BCUT2D eigenvalue weighted by molar-refractivity contribution is 7.07. The van der Waals surface area contributed by atoms with Gasteiger partial charge in [0.2, 0.25) is 0 Å². The van der Waals surface area contributed by atoms with Crippen LogP contribution in [0.1, 0.15) is 24.1 Å². The molecule has 1 fully saturated rings. The molecule has 0 atom stereocenters. The second-order valence-corrected chi connectivity index (χ2v) is 5.34. The largest absolute Gasteiger partial charge is 0.348 e. The molecule has 0 bridgehead atoms. The molecule has 2 heterocycles. The Morgan fingerprint density at radius 3 is 2.78 bits per heavy atom. The Balaban J connectivity index is 1.80. The second kappa shape index (κ2) is 5.04. The highest BCUT2D eigenvalue weighted by atomic mass is 32.1. The molecular formula is C13H16N4S. The SMILES string of the molecule is NCc1cnc(N(Cc2ccsc2)C2CC2)cn1. The molecule has 18 heavy (non-hydrogen) atoms. The van der Waals surface area contributed by atoms with E-state index in [-0.39, 0.29) is 0 Å². The smallest absolute Gasteiger partial charge is 0.147 e. The molecule has 1 saturated carbocycles. The minimum Gasteiger partial charge on any atom is -0.348 e. The Kier molecular flexibility index (Phi) is 3.25. The first kappa shape index (κ1) is 11.6. The van der Waals surface area contributed by atoms with Gasteiger partial charge in [0.15, 0.2) is 0 Å². The van der Waals surface area contributed by atoms with E-state index in [0.717, 1.165) is 18.1 Å². The monoisotopic (exact) mass is 260 g/mol. The van der Waals surface area contributed by atoms with Crippen LogP contribution in [0.3, 0.4) is 0 Å². The highest BCUT2D eigenvalue weighted by Crippen LogP contribution is 2.31. The zero-order valence-electron chi connectivity index (χ0n) is 10.1. The van der Waals surface area contributed by atoms with Crippen molar-refractivity contribution in [2.24, 2.45) is 5.73 Å². The number of aromatic nitrogens is 2. The third kappa shape index (κ3) is 2.52. The Hall–Kier alpha value is -1.46. The van der Waals surface area contributed by atoms with Gasteiger partial charge in [-0.25, -0.2) is 4.98 Å². The van der Waals surface area contributed by atoms with Gasteiger partial charge in [-0.05, 0) is 35.2 Å². The molecule has 1 aliphatic carbocycles. The van der Waals surface area contributed by atoms with E-state index >= 15 is 0 Å². The molecule has 1 aliphatic rings. The third-order valence-electron chi connectivity index (χ3n) is 3.12. The maximum absolute atomic E-state index is 5.54. The van der Waals surface area contributed by atoms with Crippen molar-refractivity contribution >= 4 is 17.2 Å². The molecule has 94 valence electrons. The Bertz CT molecular complexity index is 490. The molecular weight excluding hydrogens is 244 g/mol. The fourth-order valence-electron chi connectivity index (χ4n) is 1.96. The summed E-state index contributed by atoms with van der Waals surface area (Å²) in [6.45, 7) is 1.37. The first-order chi connectivity index (χ1) is 8.86. The van der Waals surface area contributed by atoms with Crippen molar-refractivity contribution in [3.05, 3.63) is 40.5 Å². The number of hydrogen-bond donors (Lipinski definition) is 1. The second-order valence-electron chi connectivity index (χ2n) is 4.56. The summed E-state index contributed by atoms with van der Waals surface area (Å²) in [6, 6.07) is 2.80. The summed E-state index contributed by atoms with van der Waals surface area (Å²) in [5, 5.41) is 4.31. The summed E-state index contributed by atoms with van der Waals surface area (Å²) in [7, 11) is 0. The maximum Gasteiger partial charge on any atom is 0.147 e. The topological polar surface area (TPSA) is 55.0 Å². The normalized spacial score (nSPS) is 14.7. The van der Waals surface area contributed by atoms with Crippen LogP contribution < -0.4 is 10.6 Å². The van der Waals surface area contributed by atoms with Gasteiger partial charge in [-0.15, -0.1) is 0 Å². The van der Waals surface area contributed by atoms with E-state index in [1.165, 1.54) is 18.4 Å². The number of thiophene rings is 1. The Labute approximate surface area is 110 Å². The predicted molar refractivity (Wildman–Crippen MR) is 73.4 cm³/mol. The summed E-state index contributed by atoms with van der Waals surface area (Å²) in [5.74, 6) is 0.959. The van der Waals surface area contributed by atoms with Crippen LogP contribution in [0.2, 0.25) is 0 Å². The lowest BCUT2D eigenvalue weighted by Crippen LogP contribution is -2.26. The van der Waals surface area contributed by atoms with Crippen molar-refractivity contribution in [3.8, 4) is 0 Å². The standard InChI is InChI=1S/C13H16N4S/c14-5-11-6-16-13(7-15-11)17(12-1-2-12)8-10-3-4-18-9-10/h3-4,6-7,9,12H,1-2,5,8,14H2. The van der Waals surface area contributed by atoms with E-state index in [2.05, 4.69) is 31.7 Å². The molecule has 4 nitrogen and oxygen atoms in total. The summed E-state index contributed by atoms with van der Waals surface area (Å²) in [4.78, 5) is 11.2. The first-order valence-corrected chi connectivity index (χ1v) is 7.10. The molecule has 2 N–H and O–H groups in total. The quantitative estimate of drug-likeness (QED) is 0.895. The summed E-state index contributed by atoms with van der Waals surface area (Å²) in [5.41, 5.74) is 7.73. The summed E-state index contributed by atoms with van der Waals surface area (Å²) in [6.07, 6.45) is 6.13. The van der Waals surface area contributed by atoms with Gasteiger partial charge < -0.3 is 10.6 Å². The van der Waals surface area contributed by atoms with Crippen LogP contribution in [-0.4, -0.2) is 16.0 Å². The van der Waals surface area contributed by atoms with Gasteiger partial charge >= 0.3 is 0 Å². The van der Waals surface area contributed by atoms with Crippen molar-refractivity contribution in [2.45, 2.75) is 32.0 Å². The van der Waals surface area contributed by atoms with Crippen LogP contribution >= 0.6 is 11.3 Å². The number of hydrogen-bond acceptors (Lipinski definition) is 5. The lowest BCUT2D eigenvalue weighted by Gasteiger charge is -2.22. The summed E-state index contributed by atoms with van der Waals surface area (Å²) >= 11 is 1.74. The number of anilines is 1. The third-order valence-corrected chi connectivity index (χ3v) is 3.85. The van der Waals surface area contributed by atoms with E-state index in [1.54, 1.807) is 17.5 Å². The van der Waals surface area contributed by atoms with E-state index in [1.807, 2.05) is 6.20 Å². The van der Waals surface area contributed by atoms with Crippen LogP contribution in [-0.2, 0) is 13.1 Å². The molecule has 0 unspecified atom stereocenters. The molecule has 2 aromatic rings. The van der Waals surface area contributed by atoms with Gasteiger partial charge in [-0.2, -0.15) is 11.3 Å². The molecule has 0 saturated heterocycles. The maximum atomic E-state index is 5.54. The van der Waals surface area contributed by atoms with Crippen molar-refractivity contribution < 1.29 is 0 Å². The van der Waals surface area contributed by atoms with Gasteiger partial charge in [-0.3, -0.25) is 4.98 Å². The van der Waals surface area contributed by atoms with Crippen molar-refractivity contribution in [1.82, 2.24) is 9.97 Å². The van der Waals surface area contributed by atoms with Crippen molar-refractivity contribution in [3.63, 3.8) is 0 Å². The summed E-state index contributed by atoms with van der Waals surface area (Å²) < 4.78 is 0. The van der Waals surface area contributed by atoms with Gasteiger partial charge in [0.25, 0.3) is 0 Å². The molecule has 0 aromatic carbocycles. The zero-order chi connectivity index (χ0) is 12.4. The zero-order valence-corrected chi connectivity index (χ0v) is 10.9. The number of nitrogens with two attached hydrogens (primary N) is 1. The molecule has 5 heteroatoms. The van der Waals surface area contributed by atoms with Crippen molar-refractivity contribution in [1.29, 1.82) is 0 Å². The molecule has 0 aliphatic heterocycles. The van der Waals surface area contributed by atoms with Crippen molar-refractivity contribution in [2.75, 3.05) is 4.90 Å². The van der Waals surface area contributed by atoms with Gasteiger partial charge in [-0.1, -0.05) is 0 Å². The van der Waals surface area contributed by atoms with Crippen LogP contribution in [0.4, 0.5) is 5.82 Å². The van der Waals surface area contributed by atoms with E-state index < -0.39 is 0 Å². The molecule has 2 aromatic heterocycles. The fourth-order valence-corrected chi connectivity index (χ4v) is 2.62. The van der Waals surface area contributed by atoms with Gasteiger partial charge in [0, 0.05) is 19.1 Å². The first-order valence-electron chi connectivity index (χ1n) is 6.15. The minimum atomic E-state index is 0.446. The minimum absolute atomic E-state index is 0.446. The predicted octanol–water partition coefficient (Wildman–Crippen LogP) is 2.17. The average molecular weight is 260 g/mol. The average Bonchev–Trinajstić information content (AvgIpc) is 3.13. The Morgan fingerprint density at radius 1 is 1.33 bits per heavy atom.